The lowest BCUT2D eigenvalue weighted by atomic mass is 10.1. The number of amides is 1. The Morgan fingerprint density at radius 1 is 1.16 bits per heavy atom. The Morgan fingerprint density at radius 3 is 2.68 bits per heavy atom. The van der Waals surface area contributed by atoms with Gasteiger partial charge >= 0.3 is 0 Å². The van der Waals surface area contributed by atoms with E-state index in [1.54, 1.807) is 7.11 Å². The Balaban J connectivity index is 1.83. The van der Waals surface area contributed by atoms with E-state index in [1.165, 1.54) is 0 Å². The van der Waals surface area contributed by atoms with Gasteiger partial charge in [-0.25, -0.2) is 0 Å². The number of fused-ring (bicyclic) bond motifs is 1. The Bertz CT molecular complexity index is 607. The fraction of sp³-hybridized carbons (Fsp3) is 0.188. The third-order valence-electron chi connectivity index (χ3n) is 3.41. The van der Waals surface area contributed by atoms with E-state index in [2.05, 4.69) is 0 Å². The molecule has 1 aliphatic heterocycles. The van der Waals surface area contributed by atoms with Crippen LogP contribution in [0.2, 0.25) is 0 Å². The largest absolute Gasteiger partial charge is 0.497 e. The monoisotopic (exact) mass is 253 g/mol. The van der Waals surface area contributed by atoms with Gasteiger partial charge in [0.2, 0.25) is 0 Å². The highest BCUT2D eigenvalue weighted by atomic mass is 16.5. The van der Waals surface area contributed by atoms with E-state index in [0.717, 1.165) is 22.4 Å². The maximum Gasteiger partial charge on any atom is 0.254 e. The number of rotatable bonds is 3. The molecule has 1 amide bonds. The van der Waals surface area contributed by atoms with Crippen molar-refractivity contribution in [1.29, 1.82) is 0 Å². The summed E-state index contributed by atoms with van der Waals surface area (Å²) in [5.41, 5.74) is 2.98. The van der Waals surface area contributed by atoms with Gasteiger partial charge < -0.3 is 9.64 Å². The Hall–Kier alpha value is -2.29. The van der Waals surface area contributed by atoms with Crippen molar-refractivity contribution < 1.29 is 9.53 Å². The van der Waals surface area contributed by atoms with Crippen LogP contribution in [0.25, 0.3) is 0 Å². The molecule has 0 aliphatic carbocycles. The lowest BCUT2D eigenvalue weighted by molar-refractivity contribution is 0.0766. The molecule has 0 saturated heterocycles. The average Bonchev–Trinajstić information content (AvgIpc) is 2.76. The number of hydrogen-bond donors (Lipinski definition) is 0. The first-order valence-electron chi connectivity index (χ1n) is 6.28. The van der Waals surface area contributed by atoms with Gasteiger partial charge in [-0.15, -0.1) is 0 Å². The van der Waals surface area contributed by atoms with Gasteiger partial charge in [-0.3, -0.25) is 4.79 Å². The van der Waals surface area contributed by atoms with Crippen molar-refractivity contribution in [2.24, 2.45) is 0 Å². The van der Waals surface area contributed by atoms with Gasteiger partial charge in [0, 0.05) is 18.7 Å². The van der Waals surface area contributed by atoms with Crippen LogP contribution in [0, 0.1) is 0 Å². The molecule has 0 unspecified atom stereocenters. The molecule has 0 radical (unpaired) electrons. The van der Waals surface area contributed by atoms with Gasteiger partial charge in [-0.2, -0.15) is 0 Å². The van der Waals surface area contributed by atoms with Gasteiger partial charge in [0.25, 0.3) is 5.91 Å². The summed E-state index contributed by atoms with van der Waals surface area (Å²) in [6.07, 6.45) is 0. The number of nitrogens with zero attached hydrogens (tertiary/aromatic N) is 1. The minimum Gasteiger partial charge on any atom is -0.497 e. The summed E-state index contributed by atoms with van der Waals surface area (Å²) < 4.78 is 5.17. The second kappa shape index (κ2) is 4.76. The zero-order valence-electron chi connectivity index (χ0n) is 10.8. The van der Waals surface area contributed by atoms with E-state index < -0.39 is 0 Å². The van der Waals surface area contributed by atoms with Crippen LogP contribution in [0.4, 0.5) is 0 Å². The van der Waals surface area contributed by atoms with E-state index in [-0.39, 0.29) is 5.91 Å². The van der Waals surface area contributed by atoms with E-state index in [1.807, 2.05) is 53.4 Å². The third kappa shape index (κ3) is 2.19. The van der Waals surface area contributed by atoms with Gasteiger partial charge in [-0.05, 0) is 23.3 Å². The highest BCUT2D eigenvalue weighted by molar-refractivity contribution is 5.98. The highest BCUT2D eigenvalue weighted by Gasteiger charge is 2.27. The second-order valence-corrected chi connectivity index (χ2v) is 4.67. The zero-order valence-corrected chi connectivity index (χ0v) is 10.8. The number of methoxy groups -OCH3 is 1. The smallest absolute Gasteiger partial charge is 0.254 e. The van der Waals surface area contributed by atoms with Gasteiger partial charge in [-0.1, -0.05) is 36.4 Å². The Morgan fingerprint density at radius 2 is 1.95 bits per heavy atom. The number of carbonyl (C=O) groups is 1. The summed E-state index contributed by atoms with van der Waals surface area (Å²) in [4.78, 5) is 14.2. The predicted molar refractivity (Wildman–Crippen MR) is 73.0 cm³/mol. The molecule has 0 aromatic heterocycles. The Labute approximate surface area is 112 Å². The molecule has 3 heteroatoms. The van der Waals surface area contributed by atoms with Crippen molar-refractivity contribution in [3.05, 3.63) is 65.2 Å². The highest BCUT2D eigenvalue weighted by Crippen LogP contribution is 2.27. The first-order chi connectivity index (χ1) is 9.28. The molecule has 0 bridgehead atoms. The topological polar surface area (TPSA) is 29.5 Å². The number of benzene rings is 2. The molecule has 2 aromatic carbocycles. The van der Waals surface area contributed by atoms with E-state index >= 15 is 0 Å². The molecule has 0 N–H and O–H groups in total. The maximum absolute atomic E-state index is 12.3. The van der Waals surface area contributed by atoms with Crippen molar-refractivity contribution in [3.8, 4) is 5.75 Å². The summed E-state index contributed by atoms with van der Waals surface area (Å²) >= 11 is 0. The van der Waals surface area contributed by atoms with Crippen LogP contribution in [-0.2, 0) is 13.1 Å². The van der Waals surface area contributed by atoms with Crippen LogP contribution in [0.3, 0.4) is 0 Å². The van der Waals surface area contributed by atoms with Crippen molar-refractivity contribution in [3.63, 3.8) is 0 Å². The van der Waals surface area contributed by atoms with Gasteiger partial charge in [0.1, 0.15) is 5.75 Å². The standard InChI is InChI=1S/C16H15NO2/c1-19-14-8-7-13-11-17(16(18)15(13)9-14)10-12-5-3-2-4-6-12/h2-9H,10-11H2,1H3. The first kappa shape index (κ1) is 11.8. The normalized spacial score (nSPS) is 13.5. The molecule has 0 saturated carbocycles. The van der Waals surface area contributed by atoms with Crippen LogP contribution in [0.5, 0.6) is 5.75 Å². The molecule has 0 atom stereocenters. The molecule has 1 aliphatic rings. The van der Waals surface area contributed by atoms with Crippen LogP contribution >= 0.6 is 0 Å². The lowest BCUT2D eigenvalue weighted by Crippen LogP contribution is -2.23. The van der Waals surface area contributed by atoms with Crippen LogP contribution in [-0.4, -0.2) is 17.9 Å². The van der Waals surface area contributed by atoms with E-state index in [9.17, 15) is 4.79 Å². The molecular weight excluding hydrogens is 238 g/mol. The molecule has 3 rings (SSSR count). The molecule has 19 heavy (non-hydrogen) atoms. The number of carbonyl (C=O) groups excluding carboxylic acids is 1. The minimum atomic E-state index is 0.0813. The zero-order chi connectivity index (χ0) is 13.2. The fourth-order valence-electron chi connectivity index (χ4n) is 2.40. The molecule has 3 nitrogen and oxygen atoms in total. The second-order valence-electron chi connectivity index (χ2n) is 4.67. The van der Waals surface area contributed by atoms with Crippen molar-refractivity contribution in [1.82, 2.24) is 4.90 Å². The minimum absolute atomic E-state index is 0.0813. The molecule has 0 spiro atoms. The molecule has 96 valence electrons. The SMILES string of the molecule is COc1ccc2c(c1)C(=O)N(Cc1ccccc1)C2. The molecule has 1 heterocycles. The van der Waals surface area contributed by atoms with Crippen LogP contribution in [0.15, 0.2) is 48.5 Å². The number of hydrogen-bond acceptors (Lipinski definition) is 2. The number of ether oxygens (including phenoxy) is 1. The van der Waals surface area contributed by atoms with Gasteiger partial charge in [0.15, 0.2) is 0 Å². The molecule has 0 fully saturated rings. The van der Waals surface area contributed by atoms with E-state index in [4.69, 9.17) is 4.74 Å². The maximum atomic E-state index is 12.3. The molecular formula is C16H15NO2. The lowest BCUT2D eigenvalue weighted by Gasteiger charge is -2.15. The Kier molecular flexibility index (Phi) is 2.95. The van der Waals surface area contributed by atoms with Crippen molar-refractivity contribution >= 4 is 5.91 Å². The first-order valence-corrected chi connectivity index (χ1v) is 6.28. The summed E-state index contributed by atoms with van der Waals surface area (Å²) in [6.45, 7) is 1.32. The quantitative estimate of drug-likeness (QED) is 0.841. The summed E-state index contributed by atoms with van der Waals surface area (Å²) in [5, 5.41) is 0. The predicted octanol–water partition coefficient (Wildman–Crippen LogP) is 2.85. The summed E-state index contributed by atoms with van der Waals surface area (Å²) in [5.74, 6) is 0.811. The van der Waals surface area contributed by atoms with Crippen molar-refractivity contribution in [2.45, 2.75) is 13.1 Å². The molecule has 2 aromatic rings. The van der Waals surface area contributed by atoms with Crippen LogP contribution in [0.1, 0.15) is 21.5 Å². The van der Waals surface area contributed by atoms with Crippen molar-refractivity contribution in [2.75, 3.05) is 7.11 Å². The third-order valence-corrected chi connectivity index (χ3v) is 3.41. The summed E-state index contributed by atoms with van der Waals surface area (Å²) in [7, 11) is 1.61. The average molecular weight is 253 g/mol. The fourth-order valence-corrected chi connectivity index (χ4v) is 2.40. The van der Waals surface area contributed by atoms with Crippen LogP contribution < -0.4 is 4.74 Å². The summed E-state index contributed by atoms with van der Waals surface area (Å²) in [6, 6.07) is 15.7. The van der Waals surface area contributed by atoms with Gasteiger partial charge in [0.05, 0.1) is 7.11 Å². The van der Waals surface area contributed by atoms with E-state index in [0.29, 0.717) is 13.1 Å².